The first-order chi connectivity index (χ1) is 42.1. The fourth-order valence-corrected chi connectivity index (χ4v) is 13.1. The Morgan fingerprint density at radius 3 is 1.02 bits per heavy atom. The number of rotatable bonds is 51. The quantitative estimate of drug-likeness (QED) is 0.0202. The highest BCUT2D eigenvalue weighted by Gasteiger charge is 2.22. The van der Waals surface area contributed by atoms with Gasteiger partial charge in [-0.25, -0.2) is 0 Å². The number of carbonyl (C=O) groups excluding carboxylic acids is 6. The fraction of sp³-hybridized carbons (Fsp3) is 0.743. The number of hydrogen-bond donors (Lipinski definition) is 0. The van der Waals surface area contributed by atoms with Gasteiger partial charge in [0, 0.05) is 50.3 Å². The molecule has 86 heavy (non-hydrogen) atoms. The molecule has 0 spiro atoms. The van der Waals surface area contributed by atoms with Gasteiger partial charge in [-0.15, -0.1) is 0 Å². The van der Waals surface area contributed by atoms with E-state index in [1.165, 1.54) is 64.2 Å². The van der Waals surface area contributed by atoms with Gasteiger partial charge in [0.15, 0.2) is 0 Å². The third-order valence-electron chi connectivity index (χ3n) is 16.6. The number of likely N-dealkylation sites (tertiary alicyclic amines) is 2. The van der Waals surface area contributed by atoms with E-state index < -0.39 is 0 Å². The van der Waals surface area contributed by atoms with E-state index in [9.17, 15) is 28.8 Å². The minimum Gasteiger partial charge on any atom is -0.466 e. The van der Waals surface area contributed by atoms with E-state index >= 15 is 0 Å². The topological polar surface area (TPSA) is 164 Å². The summed E-state index contributed by atoms with van der Waals surface area (Å²) in [5.41, 5.74) is 1.65. The van der Waals surface area contributed by atoms with Crippen molar-refractivity contribution in [3.8, 4) is 11.5 Å². The average molecular weight is 1240 g/mol. The standard InChI is InChI=1S/C70H112N2O12S2/c1-3-5-7-9-11-19-25-51-79-65(73)27-21-15-13-17-23-29-67(75)83-63-35-31-61(32-36-63)57-69(77)81-53-43-59-39-45-71(46-40-59)49-55-85-86-56-50-72-47-41-60(42-48-72)44-54-82-70(78)58-62-33-37-64(38-34-62)84-68(76)30-24-18-14-16-22-28-66(74)80-52-26-20-12-10-8-6-4-2/h31-38,59-60H,3-30,39-58H2,1-2H3. The maximum absolute atomic E-state index is 12.6. The van der Waals surface area contributed by atoms with Crippen molar-refractivity contribution < 1.29 is 57.2 Å². The Labute approximate surface area is 526 Å². The molecule has 0 bridgehead atoms. The molecule has 2 fully saturated rings. The van der Waals surface area contributed by atoms with Crippen LogP contribution < -0.4 is 9.47 Å². The van der Waals surface area contributed by atoms with Gasteiger partial charge in [-0.3, -0.25) is 28.8 Å². The molecule has 0 aliphatic carbocycles. The summed E-state index contributed by atoms with van der Waals surface area (Å²) in [4.78, 5) is 79.1. The molecule has 2 aliphatic rings. The van der Waals surface area contributed by atoms with Crippen LogP contribution >= 0.6 is 21.6 Å². The van der Waals surface area contributed by atoms with Gasteiger partial charge >= 0.3 is 35.8 Å². The summed E-state index contributed by atoms with van der Waals surface area (Å²) in [5.74, 6) is 3.13. The molecule has 2 aromatic rings. The molecule has 0 amide bonds. The number of unbranched alkanes of at least 4 members (excludes halogenated alkanes) is 20. The van der Waals surface area contributed by atoms with E-state index in [1.807, 2.05) is 45.9 Å². The van der Waals surface area contributed by atoms with Crippen LogP contribution in [-0.2, 0) is 60.6 Å². The van der Waals surface area contributed by atoms with Crippen LogP contribution in [0.5, 0.6) is 11.5 Å². The third-order valence-corrected chi connectivity index (χ3v) is 19.0. The first-order valence-corrected chi connectivity index (χ1v) is 36.5. The molecular formula is C70H112N2O12S2. The van der Waals surface area contributed by atoms with Crippen molar-refractivity contribution in [2.24, 2.45) is 11.8 Å². The smallest absolute Gasteiger partial charge is 0.311 e. The van der Waals surface area contributed by atoms with Gasteiger partial charge in [0.2, 0.25) is 0 Å². The molecule has 2 aliphatic heterocycles. The number of esters is 6. The Hall–Kier alpha value is -4.12. The number of carbonyl (C=O) groups is 6. The zero-order valence-electron chi connectivity index (χ0n) is 53.3. The largest absolute Gasteiger partial charge is 0.466 e. The molecule has 0 saturated carbocycles. The van der Waals surface area contributed by atoms with Crippen molar-refractivity contribution in [2.75, 3.05) is 77.2 Å². The molecular weight excluding hydrogens is 1120 g/mol. The van der Waals surface area contributed by atoms with Gasteiger partial charge in [0.1, 0.15) is 11.5 Å². The Balaban J connectivity index is 0.882. The maximum Gasteiger partial charge on any atom is 0.311 e. The highest BCUT2D eigenvalue weighted by molar-refractivity contribution is 8.76. The lowest BCUT2D eigenvalue weighted by atomic mass is 9.94. The van der Waals surface area contributed by atoms with Crippen molar-refractivity contribution in [3.05, 3.63) is 59.7 Å². The number of piperidine rings is 2. The Morgan fingerprint density at radius 2 is 0.674 bits per heavy atom. The van der Waals surface area contributed by atoms with Crippen LogP contribution in [0.3, 0.4) is 0 Å². The van der Waals surface area contributed by atoms with Crippen molar-refractivity contribution in [3.63, 3.8) is 0 Å². The lowest BCUT2D eigenvalue weighted by Gasteiger charge is -2.32. The summed E-state index contributed by atoms with van der Waals surface area (Å²) < 4.78 is 33.0. The van der Waals surface area contributed by atoms with Gasteiger partial charge in [0.25, 0.3) is 0 Å². The van der Waals surface area contributed by atoms with Gasteiger partial charge in [0.05, 0.1) is 39.3 Å². The number of nitrogens with zero attached hydrogens (tertiary/aromatic N) is 2. The van der Waals surface area contributed by atoms with Crippen LogP contribution in [0.4, 0.5) is 0 Å². The second-order valence-corrected chi connectivity index (χ2v) is 26.7. The van der Waals surface area contributed by atoms with E-state index in [2.05, 4.69) is 23.6 Å². The summed E-state index contributed by atoms with van der Waals surface area (Å²) in [7, 11) is 3.95. The molecule has 14 nitrogen and oxygen atoms in total. The minimum atomic E-state index is -0.263. The van der Waals surface area contributed by atoms with E-state index in [4.69, 9.17) is 28.4 Å². The highest BCUT2D eigenvalue weighted by atomic mass is 33.1. The van der Waals surface area contributed by atoms with Crippen LogP contribution in [0.1, 0.15) is 243 Å². The third kappa shape index (κ3) is 39.0. The average Bonchev–Trinajstić information content (AvgIpc) is 3.71. The first kappa shape index (κ1) is 74.3. The van der Waals surface area contributed by atoms with E-state index in [0.29, 0.717) is 75.4 Å². The molecule has 0 atom stereocenters. The lowest BCUT2D eigenvalue weighted by Crippen LogP contribution is -2.36. The van der Waals surface area contributed by atoms with Crippen LogP contribution in [0.2, 0.25) is 0 Å². The van der Waals surface area contributed by atoms with Crippen LogP contribution in [0, 0.1) is 11.8 Å². The van der Waals surface area contributed by atoms with Crippen LogP contribution in [0.25, 0.3) is 0 Å². The summed E-state index contributed by atoms with van der Waals surface area (Å²) in [6.45, 7) is 13.0. The second-order valence-electron chi connectivity index (χ2n) is 24.0. The molecule has 0 N–H and O–H groups in total. The fourth-order valence-electron chi connectivity index (χ4n) is 11.1. The molecule has 4 rings (SSSR count). The van der Waals surface area contributed by atoms with E-state index in [-0.39, 0.29) is 48.7 Å². The monoisotopic (exact) mass is 1240 g/mol. The van der Waals surface area contributed by atoms with E-state index in [1.54, 1.807) is 24.3 Å². The van der Waals surface area contributed by atoms with Crippen molar-refractivity contribution in [1.29, 1.82) is 0 Å². The summed E-state index contributed by atoms with van der Waals surface area (Å²) in [6.07, 6.45) is 34.0. The predicted octanol–water partition coefficient (Wildman–Crippen LogP) is 16.0. The van der Waals surface area contributed by atoms with Crippen molar-refractivity contribution in [2.45, 2.75) is 245 Å². The highest BCUT2D eigenvalue weighted by Crippen LogP contribution is 2.27. The second kappa shape index (κ2) is 49.7. The van der Waals surface area contributed by atoms with Crippen LogP contribution in [0.15, 0.2) is 48.5 Å². The summed E-state index contributed by atoms with van der Waals surface area (Å²) >= 11 is 0. The van der Waals surface area contributed by atoms with Gasteiger partial charge < -0.3 is 38.2 Å². The SMILES string of the molecule is CCCCCCCCCOC(=O)CCCCCCCC(=O)Oc1ccc(CC(=O)OCCC2CCN(CCSSCCN3CCC(CCOC(=O)Cc4ccc(OC(=O)CCCCCCCC(=O)OCCCCCCCCC)cc4)CC3)CC2)cc1. The number of hydrogen-bond acceptors (Lipinski definition) is 16. The first-order valence-electron chi connectivity index (χ1n) is 34.0. The summed E-state index contributed by atoms with van der Waals surface area (Å²) in [5, 5.41) is 0. The Morgan fingerprint density at radius 1 is 0.372 bits per heavy atom. The molecule has 0 radical (unpaired) electrons. The molecule has 0 aromatic heterocycles. The lowest BCUT2D eigenvalue weighted by molar-refractivity contribution is -0.144. The molecule has 16 heteroatoms. The van der Waals surface area contributed by atoms with Crippen LogP contribution in [-0.4, -0.2) is 123 Å². The molecule has 0 unspecified atom stereocenters. The molecule has 2 aromatic carbocycles. The molecule has 2 saturated heterocycles. The normalized spacial score (nSPS) is 14.2. The minimum absolute atomic E-state index is 0.101. The van der Waals surface area contributed by atoms with Gasteiger partial charge in [-0.1, -0.05) is 175 Å². The van der Waals surface area contributed by atoms with Crippen molar-refractivity contribution >= 4 is 57.4 Å². The zero-order valence-corrected chi connectivity index (χ0v) is 55.0. The van der Waals surface area contributed by atoms with E-state index in [0.717, 1.165) is 190 Å². The molecule has 2 heterocycles. The Kier molecular flexibility index (Phi) is 43.0. The van der Waals surface area contributed by atoms with Crippen molar-refractivity contribution in [1.82, 2.24) is 9.80 Å². The Bertz CT molecular complexity index is 1950. The van der Waals surface area contributed by atoms with Gasteiger partial charge in [-0.2, -0.15) is 0 Å². The summed E-state index contributed by atoms with van der Waals surface area (Å²) in [6, 6.07) is 14.2. The van der Waals surface area contributed by atoms with Gasteiger partial charge in [-0.05, 0) is 150 Å². The zero-order chi connectivity index (χ0) is 61.3. The maximum atomic E-state index is 12.6. The number of ether oxygens (including phenoxy) is 6. The number of benzene rings is 2. The molecule has 486 valence electrons. The predicted molar refractivity (Wildman–Crippen MR) is 349 cm³/mol.